The summed E-state index contributed by atoms with van der Waals surface area (Å²) < 4.78 is 0. The summed E-state index contributed by atoms with van der Waals surface area (Å²) in [5.74, 6) is 1.12. The van der Waals surface area contributed by atoms with Gasteiger partial charge in [-0.2, -0.15) is 0 Å². The average molecular weight is 370 g/mol. The van der Waals surface area contributed by atoms with Crippen molar-refractivity contribution in [3.05, 3.63) is 54.1 Å². The molecule has 0 spiro atoms. The van der Waals surface area contributed by atoms with Gasteiger partial charge in [-0.25, -0.2) is 0 Å². The first-order valence-corrected chi connectivity index (χ1v) is 10.2. The van der Waals surface area contributed by atoms with Gasteiger partial charge in [-0.15, -0.1) is 11.8 Å². The monoisotopic (exact) mass is 369 g/mol. The molecular weight excluding hydrogens is 342 g/mol. The molecule has 0 bridgehead atoms. The van der Waals surface area contributed by atoms with E-state index in [9.17, 15) is 4.79 Å². The van der Waals surface area contributed by atoms with Gasteiger partial charge in [-0.3, -0.25) is 4.79 Å². The summed E-state index contributed by atoms with van der Waals surface area (Å²) in [6.07, 6.45) is 1.42. The molecule has 0 saturated carbocycles. The highest BCUT2D eigenvalue weighted by Crippen LogP contribution is 2.39. The third-order valence-corrected chi connectivity index (χ3v) is 5.79. The molecule has 1 amide bonds. The molecule has 3 N–H and O–H groups in total. The van der Waals surface area contributed by atoms with Gasteiger partial charge in [0, 0.05) is 41.0 Å². The van der Waals surface area contributed by atoms with Crippen molar-refractivity contribution in [1.82, 2.24) is 0 Å². The number of para-hydroxylation sites is 1. The number of rotatable bonds is 6. The third-order valence-electron chi connectivity index (χ3n) is 4.74. The van der Waals surface area contributed by atoms with Crippen LogP contribution in [0.4, 0.5) is 11.4 Å². The lowest BCUT2D eigenvalue weighted by molar-refractivity contribution is -0.118. The van der Waals surface area contributed by atoms with Crippen LogP contribution in [0, 0.1) is 0 Å². The molecule has 138 valence electrons. The van der Waals surface area contributed by atoms with E-state index in [1.165, 1.54) is 10.5 Å². The summed E-state index contributed by atoms with van der Waals surface area (Å²) >= 11 is 1.77. The molecule has 3 rings (SSSR count). The minimum absolute atomic E-state index is 0.175. The largest absolute Gasteiger partial charge is 0.378 e. The van der Waals surface area contributed by atoms with Crippen LogP contribution in [-0.4, -0.2) is 24.2 Å². The molecule has 0 unspecified atom stereocenters. The second-order valence-electron chi connectivity index (χ2n) is 6.62. The van der Waals surface area contributed by atoms with E-state index in [1.54, 1.807) is 11.8 Å². The summed E-state index contributed by atoms with van der Waals surface area (Å²) in [6.45, 7) is 4.74. The summed E-state index contributed by atoms with van der Waals surface area (Å²) in [7, 11) is 0. The van der Waals surface area contributed by atoms with E-state index in [0.717, 1.165) is 23.5 Å². The van der Waals surface area contributed by atoms with Crippen molar-refractivity contribution in [3.8, 4) is 0 Å². The van der Waals surface area contributed by atoms with Crippen molar-refractivity contribution in [2.75, 3.05) is 22.5 Å². The van der Waals surface area contributed by atoms with Gasteiger partial charge in [0.2, 0.25) is 5.91 Å². The smallest absolute Gasteiger partial charge is 0.226 e. The fraction of sp³-hybridized carbons (Fsp3) is 0.381. The molecule has 0 aliphatic carbocycles. The fourth-order valence-corrected chi connectivity index (χ4v) is 4.21. The Morgan fingerprint density at radius 2 is 1.96 bits per heavy atom. The Morgan fingerprint density at radius 1 is 1.23 bits per heavy atom. The van der Waals surface area contributed by atoms with E-state index >= 15 is 0 Å². The molecule has 1 aliphatic heterocycles. The van der Waals surface area contributed by atoms with Crippen LogP contribution in [0.15, 0.2) is 53.4 Å². The predicted molar refractivity (Wildman–Crippen MR) is 111 cm³/mol. The van der Waals surface area contributed by atoms with Crippen molar-refractivity contribution < 1.29 is 4.79 Å². The minimum Gasteiger partial charge on any atom is -0.378 e. The number of benzene rings is 2. The molecule has 4 nitrogen and oxygen atoms in total. The molecule has 1 heterocycles. The maximum absolute atomic E-state index is 12.4. The number of fused-ring (bicyclic) bond motifs is 1. The fourth-order valence-electron chi connectivity index (χ4n) is 3.53. The first-order chi connectivity index (χ1) is 12.6. The number of carbonyl (C=O) groups is 1. The maximum atomic E-state index is 12.4. The second-order valence-corrected chi connectivity index (χ2v) is 7.79. The van der Waals surface area contributed by atoms with Gasteiger partial charge in [0.15, 0.2) is 0 Å². The predicted octanol–water partition coefficient (Wildman–Crippen LogP) is 4.43. The molecule has 0 fully saturated rings. The highest BCUT2D eigenvalue weighted by Gasteiger charge is 2.32. The van der Waals surface area contributed by atoms with E-state index in [2.05, 4.69) is 48.6 Å². The normalized spacial score (nSPS) is 19.1. The van der Waals surface area contributed by atoms with Gasteiger partial charge < -0.3 is 16.0 Å². The van der Waals surface area contributed by atoms with Crippen LogP contribution in [0.3, 0.4) is 0 Å². The molecule has 26 heavy (non-hydrogen) atoms. The van der Waals surface area contributed by atoms with E-state index in [4.69, 9.17) is 5.73 Å². The molecule has 2 atom stereocenters. The topological polar surface area (TPSA) is 58.4 Å². The number of anilines is 2. The summed E-state index contributed by atoms with van der Waals surface area (Å²) in [5.41, 5.74) is 8.89. The number of carbonyl (C=O) groups excluding carboxylic acids is 1. The van der Waals surface area contributed by atoms with Crippen molar-refractivity contribution in [3.63, 3.8) is 0 Å². The van der Waals surface area contributed by atoms with E-state index in [1.807, 2.05) is 24.0 Å². The van der Waals surface area contributed by atoms with Crippen molar-refractivity contribution >= 4 is 29.0 Å². The van der Waals surface area contributed by atoms with Gasteiger partial charge >= 0.3 is 0 Å². The number of nitrogens with two attached hydrogens (primary N) is 1. The molecular formula is C21H27N3OS. The van der Waals surface area contributed by atoms with Crippen molar-refractivity contribution in [2.45, 2.75) is 43.7 Å². The Labute approximate surface area is 160 Å². The van der Waals surface area contributed by atoms with E-state index in [0.29, 0.717) is 13.0 Å². The van der Waals surface area contributed by atoms with Gasteiger partial charge in [0.25, 0.3) is 0 Å². The molecule has 0 radical (unpaired) electrons. The maximum Gasteiger partial charge on any atom is 0.226 e. The van der Waals surface area contributed by atoms with Crippen LogP contribution in [0.1, 0.15) is 38.3 Å². The van der Waals surface area contributed by atoms with Crippen LogP contribution >= 0.6 is 11.8 Å². The Morgan fingerprint density at radius 3 is 2.65 bits per heavy atom. The first-order valence-electron chi connectivity index (χ1n) is 9.24. The molecule has 5 heteroatoms. The van der Waals surface area contributed by atoms with Gasteiger partial charge in [0.1, 0.15) is 0 Å². The Bertz CT molecular complexity index is 747. The summed E-state index contributed by atoms with van der Waals surface area (Å²) in [5, 5.41) is 3.66. The molecule has 0 saturated heterocycles. The number of hydrogen-bond donors (Lipinski definition) is 2. The van der Waals surface area contributed by atoms with Crippen LogP contribution in [0.25, 0.3) is 0 Å². The molecule has 1 aliphatic rings. The zero-order chi connectivity index (χ0) is 18.5. The summed E-state index contributed by atoms with van der Waals surface area (Å²) in [6, 6.07) is 17.1. The standard InChI is InChI=1S/C21H27N3OS/c1-3-21(25)24-15(2)14-19(18-6-4-5-7-20(18)24)23-16-8-10-17(11-9-16)26-13-12-22/h4-11,15,19,23H,3,12-14,22H2,1-2H3/t15-,19+/m0/s1. The highest BCUT2D eigenvalue weighted by atomic mass is 32.2. The first kappa shape index (κ1) is 18.8. The lowest BCUT2D eigenvalue weighted by Crippen LogP contribution is -2.44. The molecule has 2 aromatic carbocycles. The second kappa shape index (κ2) is 8.60. The van der Waals surface area contributed by atoms with Gasteiger partial charge in [0.05, 0.1) is 6.04 Å². The zero-order valence-corrected chi connectivity index (χ0v) is 16.3. The van der Waals surface area contributed by atoms with E-state index < -0.39 is 0 Å². The van der Waals surface area contributed by atoms with Crippen molar-refractivity contribution in [1.29, 1.82) is 0 Å². The Kier molecular flexibility index (Phi) is 6.22. The zero-order valence-electron chi connectivity index (χ0n) is 15.4. The summed E-state index contributed by atoms with van der Waals surface area (Å²) in [4.78, 5) is 15.6. The van der Waals surface area contributed by atoms with E-state index in [-0.39, 0.29) is 18.0 Å². The SMILES string of the molecule is CCC(=O)N1c2ccccc2[C@H](Nc2ccc(SCCN)cc2)C[C@@H]1C. The molecule has 2 aromatic rings. The number of hydrogen-bond acceptors (Lipinski definition) is 4. The number of nitrogens with zero attached hydrogens (tertiary/aromatic N) is 1. The van der Waals surface area contributed by atoms with Gasteiger partial charge in [-0.1, -0.05) is 25.1 Å². The van der Waals surface area contributed by atoms with Crippen LogP contribution in [0.5, 0.6) is 0 Å². The highest BCUT2D eigenvalue weighted by molar-refractivity contribution is 7.99. The van der Waals surface area contributed by atoms with Crippen LogP contribution < -0.4 is 16.0 Å². The van der Waals surface area contributed by atoms with Crippen LogP contribution in [-0.2, 0) is 4.79 Å². The van der Waals surface area contributed by atoms with Crippen LogP contribution in [0.2, 0.25) is 0 Å². The Balaban J connectivity index is 1.81. The quantitative estimate of drug-likeness (QED) is 0.740. The third kappa shape index (κ3) is 4.05. The minimum atomic E-state index is 0.175. The molecule has 0 aromatic heterocycles. The number of thioether (sulfide) groups is 1. The van der Waals surface area contributed by atoms with Gasteiger partial charge in [-0.05, 0) is 49.2 Å². The lowest BCUT2D eigenvalue weighted by atomic mass is 9.91. The lowest BCUT2D eigenvalue weighted by Gasteiger charge is -2.40. The van der Waals surface area contributed by atoms with Crippen molar-refractivity contribution in [2.24, 2.45) is 5.73 Å². The Hall–Kier alpha value is -1.98. The number of amides is 1. The average Bonchev–Trinajstić information content (AvgIpc) is 2.67. The number of nitrogens with one attached hydrogen (secondary N) is 1.